The highest BCUT2D eigenvalue weighted by Gasteiger charge is 2.07. The van der Waals surface area contributed by atoms with E-state index < -0.39 is 0 Å². The van der Waals surface area contributed by atoms with Gasteiger partial charge < -0.3 is 5.73 Å². The fourth-order valence-corrected chi connectivity index (χ4v) is 2.31. The first-order valence-corrected chi connectivity index (χ1v) is 6.53. The van der Waals surface area contributed by atoms with Crippen molar-refractivity contribution in [3.63, 3.8) is 0 Å². The average molecular weight is 266 g/mol. The highest BCUT2D eigenvalue weighted by Crippen LogP contribution is 2.26. The summed E-state index contributed by atoms with van der Waals surface area (Å²) in [6, 6.07) is 14.9. The summed E-state index contributed by atoms with van der Waals surface area (Å²) in [5.41, 5.74) is 9.66. The van der Waals surface area contributed by atoms with E-state index in [9.17, 15) is 4.39 Å². The van der Waals surface area contributed by atoms with Gasteiger partial charge in [0, 0.05) is 23.2 Å². The van der Waals surface area contributed by atoms with Gasteiger partial charge >= 0.3 is 0 Å². The van der Waals surface area contributed by atoms with Crippen molar-refractivity contribution in [2.45, 2.75) is 13.5 Å². The first-order chi connectivity index (χ1) is 9.67. The van der Waals surface area contributed by atoms with Crippen molar-refractivity contribution in [2.24, 2.45) is 5.73 Å². The lowest BCUT2D eigenvalue weighted by atomic mass is 10.0. The van der Waals surface area contributed by atoms with E-state index in [1.165, 1.54) is 6.07 Å². The third kappa shape index (κ3) is 2.28. The number of aromatic nitrogens is 1. The number of nitrogens with two attached hydrogens (primary N) is 1. The Balaban J connectivity index is 2.12. The molecule has 0 spiro atoms. The molecule has 2 aromatic carbocycles. The minimum atomic E-state index is -0.243. The van der Waals surface area contributed by atoms with Gasteiger partial charge in [-0.25, -0.2) is 4.39 Å². The quantitative estimate of drug-likeness (QED) is 0.766. The molecule has 3 aromatic rings. The van der Waals surface area contributed by atoms with Crippen LogP contribution in [0.15, 0.2) is 48.5 Å². The Kier molecular flexibility index (Phi) is 3.20. The number of halogens is 1. The fraction of sp³-hybridized carbons (Fsp3) is 0.118. The predicted octanol–water partition coefficient (Wildman–Crippen LogP) is 3.81. The first kappa shape index (κ1) is 12.8. The van der Waals surface area contributed by atoms with Crippen molar-refractivity contribution in [3.8, 4) is 11.1 Å². The lowest BCUT2D eigenvalue weighted by Crippen LogP contribution is -1.97. The zero-order valence-electron chi connectivity index (χ0n) is 11.2. The normalized spacial score (nSPS) is 10.9. The number of hydrogen-bond donors (Lipinski definition) is 1. The van der Waals surface area contributed by atoms with Crippen LogP contribution < -0.4 is 5.73 Å². The Morgan fingerprint density at radius 1 is 1.05 bits per heavy atom. The Labute approximate surface area is 117 Å². The molecule has 3 heteroatoms. The molecule has 1 heterocycles. The number of rotatable bonds is 2. The number of fused-ring (bicyclic) bond motifs is 1. The van der Waals surface area contributed by atoms with Crippen molar-refractivity contribution in [1.29, 1.82) is 0 Å². The minimum Gasteiger partial charge on any atom is -0.326 e. The molecule has 0 unspecified atom stereocenters. The maximum atomic E-state index is 14.1. The smallest absolute Gasteiger partial charge is 0.131 e. The van der Waals surface area contributed by atoms with Gasteiger partial charge in [0.05, 0.1) is 5.52 Å². The summed E-state index contributed by atoms with van der Waals surface area (Å²) in [5, 5.41) is 1.01. The van der Waals surface area contributed by atoms with Crippen LogP contribution in [0.2, 0.25) is 0 Å². The second-order valence-electron chi connectivity index (χ2n) is 4.88. The minimum absolute atomic E-state index is 0.243. The van der Waals surface area contributed by atoms with Crippen LogP contribution in [0, 0.1) is 12.7 Å². The van der Waals surface area contributed by atoms with Gasteiger partial charge in [-0.15, -0.1) is 0 Å². The van der Waals surface area contributed by atoms with Crippen molar-refractivity contribution in [3.05, 3.63) is 65.6 Å². The predicted molar refractivity (Wildman–Crippen MR) is 79.8 cm³/mol. The third-order valence-electron chi connectivity index (χ3n) is 3.41. The second kappa shape index (κ2) is 5.02. The molecule has 0 bridgehead atoms. The van der Waals surface area contributed by atoms with Crippen LogP contribution in [0.4, 0.5) is 4.39 Å². The number of nitrogens with zero attached hydrogens (tertiary/aromatic N) is 1. The van der Waals surface area contributed by atoms with Gasteiger partial charge in [-0.2, -0.15) is 0 Å². The summed E-state index contributed by atoms with van der Waals surface area (Å²) in [6.07, 6.45) is 0. The molecule has 100 valence electrons. The molecule has 0 aliphatic heterocycles. The summed E-state index contributed by atoms with van der Waals surface area (Å²) in [6.45, 7) is 2.30. The lowest BCUT2D eigenvalue weighted by Gasteiger charge is -2.07. The van der Waals surface area contributed by atoms with Gasteiger partial charge in [0.25, 0.3) is 0 Å². The van der Waals surface area contributed by atoms with Gasteiger partial charge in [-0.05, 0) is 42.3 Å². The molecule has 20 heavy (non-hydrogen) atoms. The van der Waals surface area contributed by atoms with E-state index in [2.05, 4.69) is 4.98 Å². The molecule has 0 aliphatic carbocycles. The molecule has 0 fully saturated rings. The SMILES string of the molecule is Cc1ccc2cc(-c3ccc(CN)cc3F)ccc2n1. The molecule has 0 amide bonds. The highest BCUT2D eigenvalue weighted by atomic mass is 19.1. The first-order valence-electron chi connectivity index (χ1n) is 6.53. The molecular formula is C17H15FN2. The maximum Gasteiger partial charge on any atom is 0.131 e. The Hall–Kier alpha value is -2.26. The van der Waals surface area contributed by atoms with E-state index in [0.717, 1.165) is 27.7 Å². The van der Waals surface area contributed by atoms with Crippen molar-refractivity contribution in [1.82, 2.24) is 4.98 Å². The number of hydrogen-bond acceptors (Lipinski definition) is 2. The number of benzene rings is 2. The van der Waals surface area contributed by atoms with E-state index in [1.807, 2.05) is 43.3 Å². The second-order valence-corrected chi connectivity index (χ2v) is 4.88. The van der Waals surface area contributed by atoms with Crippen LogP contribution in [0.25, 0.3) is 22.0 Å². The highest BCUT2D eigenvalue weighted by molar-refractivity contribution is 5.84. The molecule has 3 rings (SSSR count). The zero-order chi connectivity index (χ0) is 14.1. The van der Waals surface area contributed by atoms with Crippen LogP contribution in [0.3, 0.4) is 0 Å². The van der Waals surface area contributed by atoms with Gasteiger partial charge in [-0.3, -0.25) is 4.98 Å². The largest absolute Gasteiger partial charge is 0.326 e. The monoisotopic (exact) mass is 266 g/mol. The Bertz CT molecular complexity index is 781. The zero-order valence-corrected chi connectivity index (χ0v) is 11.2. The Morgan fingerprint density at radius 3 is 2.65 bits per heavy atom. The van der Waals surface area contributed by atoms with E-state index in [1.54, 1.807) is 6.07 Å². The number of pyridine rings is 1. The van der Waals surface area contributed by atoms with Crippen LogP contribution in [-0.4, -0.2) is 4.98 Å². The molecule has 0 saturated heterocycles. The van der Waals surface area contributed by atoms with Gasteiger partial charge in [-0.1, -0.05) is 24.3 Å². The standard InChI is InChI=1S/C17H15FN2/c1-11-2-4-14-9-13(5-7-17(14)20-11)15-6-3-12(10-19)8-16(15)18/h2-9H,10,19H2,1H3. The maximum absolute atomic E-state index is 14.1. The summed E-state index contributed by atoms with van der Waals surface area (Å²) < 4.78 is 14.1. The van der Waals surface area contributed by atoms with E-state index in [0.29, 0.717) is 12.1 Å². The molecule has 2 nitrogen and oxygen atoms in total. The molecular weight excluding hydrogens is 251 g/mol. The summed E-state index contributed by atoms with van der Waals surface area (Å²) in [5.74, 6) is -0.243. The van der Waals surface area contributed by atoms with Crippen molar-refractivity contribution < 1.29 is 4.39 Å². The van der Waals surface area contributed by atoms with E-state index in [4.69, 9.17) is 5.73 Å². The van der Waals surface area contributed by atoms with Crippen LogP contribution in [-0.2, 0) is 6.54 Å². The molecule has 0 radical (unpaired) electrons. The van der Waals surface area contributed by atoms with Crippen molar-refractivity contribution in [2.75, 3.05) is 0 Å². The summed E-state index contributed by atoms with van der Waals surface area (Å²) in [4.78, 5) is 4.45. The molecule has 2 N–H and O–H groups in total. The molecule has 1 aromatic heterocycles. The van der Waals surface area contributed by atoms with E-state index in [-0.39, 0.29) is 5.82 Å². The molecule has 0 saturated carbocycles. The van der Waals surface area contributed by atoms with Crippen molar-refractivity contribution >= 4 is 10.9 Å². The Morgan fingerprint density at radius 2 is 1.90 bits per heavy atom. The topological polar surface area (TPSA) is 38.9 Å². The van der Waals surface area contributed by atoms with Gasteiger partial charge in [0.15, 0.2) is 0 Å². The van der Waals surface area contributed by atoms with Crippen LogP contribution in [0.5, 0.6) is 0 Å². The summed E-state index contributed by atoms with van der Waals surface area (Å²) in [7, 11) is 0. The number of aryl methyl sites for hydroxylation is 1. The molecule has 0 atom stereocenters. The average Bonchev–Trinajstić information content (AvgIpc) is 2.46. The van der Waals surface area contributed by atoms with Gasteiger partial charge in [0.1, 0.15) is 5.82 Å². The van der Waals surface area contributed by atoms with Crippen LogP contribution in [0.1, 0.15) is 11.3 Å². The van der Waals surface area contributed by atoms with Crippen LogP contribution >= 0.6 is 0 Å². The van der Waals surface area contributed by atoms with Gasteiger partial charge in [0.2, 0.25) is 0 Å². The molecule has 0 aliphatic rings. The third-order valence-corrected chi connectivity index (χ3v) is 3.41. The fourth-order valence-electron chi connectivity index (χ4n) is 2.31. The van der Waals surface area contributed by atoms with E-state index >= 15 is 0 Å². The summed E-state index contributed by atoms with van der Waals surface area (Å²) >= 11 is 0. The lowest BCUT2D eigenvalue weighted by molar-refractivity contribution is 0.629.